The number of methoxy groups -OCH3 is 1. The third-order valence-electron chi connectivity index (χ3n) is 4.39. The zero-order valence-electron chi connectivity index (χ0n) is 13.6. The van der Waals surface area contributed by atoms with Crippen LogP contribution in [0.1, 0.15) is 41.3 Å². The Morgan fingerprint density at radius 1 is 1.27 bits per heavy atom. The topological polar surface area (TPSA) is 21.3 Å². The lowest BCUT2D eigenvalue weighted by Crippen LogP contribution is -2.16. The van der Waals surface area contributed by atoms with Crippen molar-refractivity contribution in [1.82, 2.24) is 0 Å². The monoisotopic (exact) mass is 315 g/mol. The summed E-state index contributed by atoms with van der Waals surface area (Å²) in [5.74, 6) is 1.12. The highest BCUT2D eigenvalue weighted by Crippen LogP contribution is 2.38. The second-order valence-corrected chi connectivity index (χ2v) is 6.97. The van der Waals surface area contributed by atoms with E-state index in [4.69, 9.17) is 4.74 Å². The van der Waals surface area contributed by atoms with Crippen LogP contribution in [0, 0.1) is 0 Å². The molecule has 3 heteroatoms. The van der Waals surface area contributed by atoms with Crippen molar-refractivity contribution >= 4 is 17.0 Å². The van der Waals surface area contributed by atoms with Gasteiger partial charge < -0.3 is 10.1 Å². The maximum atomic E-state index is 5.83. The Hall–Kier alpha value is -1.48. The first-order valence-corrected chi connectivity index (χ1v) is 9.19. The molecule has 0 fully saturated rings. The van der Waals surface area contributed by atoms with Crippen molar-refractivity contribution in [2.24, 2.45) is 0 Å². The van der Waals surface area contributed by atoms with Gasteiger partial charge in [-0.1, -0.05) is 25.5 Å². The summed E-state index contributed by atoms with van der Waals surface area (Å²) in [7, 11) is 1.82. The van der Waals surface area contributed by atoms with Crippen molar-refractivity contribution in [1.29, 1.82) is 0 Å². The molecule has 0 atom stereocenters. The molecule has 0 saturated carbocycles. The van der Waals surface area contributed by atoms with Crippen LogP contribution in [0.4, 0.5) is 5.69 Å². The molecule has 1 aromatic heterocycles. The normalized spacial score (nSPS) is 13.5. The van der Waals surface area contributed by atoms with E-state index in [1.165, 1.54) is 40.1 Å². The summed E-state index contributed by atoms with van der Waals surface area (Å²) in [4.78, 5) is 1.45. The molecule has 0 unspecified atom stereocenters. The van der Waals surface area contributed by atoms with E-state index in [0.29, 0.717) is 0 Å². The van der Waals surface area contributed by atoms with Gasteiger partial charge in [-0.05, 0) is 54.7 Å². The van der Waals surface area contributed by atoms with Crippen LogP contribution in [0.2, 0.25) is 0 Å². The van der Waals surface area contributed by atoms with Crippen LogP contribution < -0.4 is 10.1 Å². The van der Waals surface area contributed by atoms with E-state index in [9.17, 15) is 0 Å². The van der Waals surface area contributed by atoms with Gasteiger partial charge in [-0.25, -0.2) is 0 Å². The highest BCUT2D eigenvalue weighted by Gasteiger charge is 2.20. The fourth-order valence-electron chi connectivity index (χ4n) is 3.40. The predicted octanol–water partition coefficient (Wildman–Crippen LogP) is 4.85. The average Bonchev–Trinajstić information content (AvgIpc) is 3.06. The van der Waals surface area contributed by atoms with Crippen molar-refractivity contribution < 1.29 is 4.74 Å². The Balaban J connectivity index is 1.95. The van der Waals surface area contributed by atoms with Gasteiger partial charge in [-0.2, -0.15) is 0 Å². The molecule has 0 amide bonds. The molecule has 1 aliphatic heterocycles. The van der Waals surface area contributed by atoms with Gasteiger partial charge in [0.2, 0.25) is 0 Å². The number of rotatable bonds is 6. The van der Waals surface area contributed by atoms with Gasteiger partial charge in [-0.3, -0.25) is 0 Å². The minimum absolute atomic E-state index is 1.06. The van der Waals surface area contributed by atoms with Crippen LogP contribution in [0.5, 0.6) is 5.75 Å². The zero-order valence-corrected chi connectivity index (χ0v) is 14.4. The lowest BCUT2D eigenvalue weighted by atomic mass is 9.91. The zero-order chi connectivity index (χ0) is 15.4. The van der Waals surface area contributed by atoms with Crippen molar-refractivity contribution in [2.75, 3.05) is 19.0 Å². The molecule has 2 heterocycles. The van der Waals surface area contributed by atoms with Gasteiger partial charge in [-0.15, -0.1) is 11.3 Å². The first-order valence-electron chi connectivity index (χ1n) is 8.31. The predicted molar refractivity (Wildman–Crippen MR) is 95.5 cm³/mol. The average molecular weight is 315 g/mol. The first-order chi connectivity index (χ1) is 10.8. The molecule has 2 aromatic rings. The SMILES string of the molecule is CCCc1c2c(cc(CCc3cccs3)c1OC)CCCN2. The Morgan fingerprint density at radius 3 is 2.91 bits per heavy atom. The van der Waals surface area contributed by atoms with Gasteiger partial charge in [0, 0.05) is 22.7 Å². The fraction of sp³-hybridized carbons (Fsp3) is 0.474. The number of benzene rings is 1. The minimum Gasteiger partial charge on any atom is -0.496 e. The summed E-state index contributed by atoms with van der Waals surface area (Å²) < 4.78 is 5.83. The van der Waals surface area contributed by atoms with Crippen LogP contribution in [0.3, 0.4) is 0 Å². The maximum Gasteiger partial charge on any atom is 0.127 e. The summed E-state index contributed by atoms with van der Waals surface area (Å²) in [6.45, 7) is 3.33. The van der Waals surface area contributed by atoms with Gasteiger partial charge in [0.05, 0.1) is 7.11 Å². The van der Waals surface area contributed by atoms with Gasteiger partial charge in [0.15, 0.2) is 0 Å². The number of ether oxygens (including phenoxy) is 1. The van der Waals surface area contributed by atoms with E-state index in [2.05, 4.69) is 35.8 Å². The van der Waals surface area contributed by atoms with Crippen molar-refractivity contribution in [3.63, 3.8) is 0 Å². The summed E-state index contributed by atoms with van der Waals surface area (Å²) in [6.07, 6.45) is 6.83. The standard InChI is InChI=1S/C19H25NOS/c1-3-6-17-18-14(7-4-11-20-18)13-15(19(17)21-2)9-10-16-8-5-12-22-16/h5,8,12-13,20H,3-4,6-7,9-11H2,1-2H3. The Morgan fingerprint density at radius 2 is 2.18 bits per heavy atom. The number of hydrogen-bond donors (Lipinski definition) is 1. The molecule has 2 nitrogen and oxygen atoms in total. The molecule has 3 rings (SSSR count). The largest absolute Gasteiger partial charge is 0.496 e. The van der Waals surface area contributed by atoms with Crippen molar-refractivity contribution in [3.8, 4) is 5.75 Å². The van der Waals surface area contributed by atoms with Gasteiger partial charge in [0.25, 0.3) is 0 Å². The number of anilines is 1. The Labute approximate surface area is 137 Å². The molecule has 1 aromatic carbocycles. The Bertz CT molecular complexity index is 619. The smallest absolute Gasteiger partial charge is 0.127 e. The van der Waals surface area contributed by atoms with Gasteiger partial charge >= 0.3 is 0 Å². The second-order valence-electron chi connectivity index (χ2n) is 5.94. The lowest BCUT2D eigenvalue weighted by molar-refractivity contribution is 0.404. The van der Waals surface area contributed by atoms with E-state index in [1.807, 2.05) is 18.4 Å². The molecule has 22 heavy (non-hydrogen) atoms. The molecule has 0 aliphatic carbocycles. The van der Waals surface area contributed by atoms with Crippen molar-refractivity contribution in [3.05, 3.63) is 45.1 Å². The molecule has 1 N–H and O–H groups in total. The van der Waals surface area contributed by atoms with E-state index in [1.54, 1.807) is 0 Å². The van der Waals surface area contributed by atoms with Crippen LogP contribution in [0.15, 0.2) is 23.6 Å². The van der Waals surface area contributed by atoms with Crippen LogP contribution >= 0.6 is 11.3 Å². The molecular weight excluding hydrogens is 290 g/mol. The summed E-state index contributed by atoms with van der Waals surface area (Å²) in [5, 5.41) is 5.77. The summed E-state index contributed by atoms with van der Waals surface area (Å²) in [5.41, 5.74) is 5.60. The molecule has 0 radical (unpaired) electrons. The second kappa shape index (κ2) is 7.19. The molecule has 1 aliphatic rings. The summed E-state index contributed by atoms with van der Waals surface area (Å²) >= 11 is 1.85. The number of nitrogens with one attached hydrogen (secondary N) is 1. The van der Waals surface area contributed by atoms with Gasteiger partial charge in [0.1, 0.15) is 5.75 Å². The highest BCUT2D eigenvalue weighted by molar-refractivity contribution is 7.09. The molecule has 118 valence electrons. The highest BCUT2D eigenvalue weighted by atomic mass is 32.1. The number of aryl methyl sites for hydroxylation is 3. The van der Waals surface area contributed by atoms with Crippen LogP contribution in [0.25, 0.3) is 0 Å². The molecular formula is C19H25NOS. The molecule has 0 saturated heterocycles. The van der Waals surface area contributed by atoms with Crippen LogP contribution in [-0.4, -0.2) is 13.7 Å². The fourth-order valence-corrected chi connectivity index (χ4v) is 4.11. The van der Waals surface area contributed by atoms with E-state index in [0.717, 1.165) is 38.0 Å². The first kappa shape index (κ1) is 15.4. The van der Waals surface area contributed by atoms with E-state index in [-0.39, 0.29) is 0 Å². The summed E-state index contributed by atoms with van der Waals surface area (Å²) in [6, 6.07) is 6.74. The van der Waals surface area contributed by atoms with E-state index >= 15 is 0 Å². The van der Waals surface area contributed by atoms with Crippen LogP contribution in [-0.2, 0) is 25.7 Å². The lowest BCUT2D eigenvalue weighted by Gasteiger charge is -2.25. The third kappa shape index (κ3) is 3.14. The Kier molecular flexibility index (Phi) is 5.04. The molecule has 0 bridgehead atoms. The third-order valence-corrected chi connectivity index (χ3v) is 5.32. The number of hydrogen-bond acceptors (Lipinski definition) is 3. The minimum atomic E-state index is 1.06. The number of thiophene rings is 1. The maximum absolute atomic E-state index is 5.83. The number of fused-ring (bicyclic) bond motifs is 1. The quantitative estimate of drug-likeness (QED) is 0.822. The van der Waals surface area contributed by atoms with Crippen molar-refractivity contribution in [2.45, 2.75) is 45.4 Å². The molecule has 0 spiro atoms. The van der Waals surface area contributed by atoms with E-state index < -0.39 is 0 Å².